The van der Waals surface area contributed by atoms with Gasteiger partial charge in [-0.05, 0) is 43.5 Å². The Morgan fingerprint density at radius 1 is 1.22 bits per heavy atom. The van der Waals surface area contributed by atoms with E-state index in [0.717, 1.165) is 24.1 Å². The van der Waals surface area contributed by atoms with Gasteiger partial charge >= 0.3 is 0 Å². The van der Waals surface area contributed by atoms with Crippen molar-refractivity contribution >= 4 is 20.0 Å². The molecular formula is C25H37N3O3Si. The number of ketones is 1. The molecule has 1 aromatic heterocycles. The number of nitrogens with zero attached hydrogens (tertiary/aromatic N) is 2. The van der Waals surface area contributed by atoms with E-state index in [0.29, 0.717) is 31.7 Å². The smallest absolute Gasteiger partial charge is 0.225 e. The number of aromatic nitrogens is 2. The molecular weight excluding hydrogens is 418 g/mol. The molecule has 1 atom stereocenters. The zero-order valence-corrected chi connectivity index (χ0v) is 21.3. The predicted octanol–water partition coefficient (Wildman–Crippen LogP) is 4.70. The van der Waals surface area contributed by atoms with Crippen molar-refractivity contribution in [1.82, 2.24) is 15.1 Å². The fraction of sp³-hybridized carbons (Fsp3) is 0.560. The molecule has 1 aliphatic heterocycles. The summed E-state index contributed by atoms with van der Waals surface area (Å²) in [5.74, 6) is 0.106. The minimum atomic E-state index is -1.85. The lowest BCUT2D eigenvalue weighted by atomic mass is 9.93. The quantitative estimate of drug-likeness (QED) is 0.320. The number of aryl methyl sites for hydroxylation is 2. The van der Waals surface area contributed by atoms with E-state index in [1.165, 1.54) is 5.56 Å². The first kappa shape index (κ1) is 24.4. The molecule has 1 N–H and O–H groups in total. The van der Waals surface area contributed by atoms with Crippen LogP contribution < -0.4 is 0 Å². The summed E-state index contributed by atoms with van der Waals surface area (Å²) in [6, 6.07) is 10.2. The number of hydrogen-bond acceptors (Lipinski definition) is 4. The first-order valence-corrected chi connectivity index (χ1v) is 14.4. The van der Waals surface area contributed by atoms with Crippen LogP contribution in [0.25, 0.3) is 0 Å². The van der Waals surface area contributed by atoms with Crippen LogP contribution in [0.2, 0.25) is 18.1 Å². The minimum Gasteiger partial charge on any atom is -0.415 e. The Bertz CT molecular complexity index is 947. The Morgan fingerprint density at radius 2 is 1.91 bits per heavy atom. The highest BCUT2D eigenvalue weighted by Gasteiger charge is 2.40. The number of hydrogen-bond donors (Lipinski definition) is 1. The summed E-state index contributed by atoms with van der Waals surface area (Å²) in [5, 5.41) is 7.42. The molecule has 0 radical (unpaired) electrons. The molecule has 1 aromatic carbocycles. The third-order valence-electron chi connectivity index (χ3n) is 7.04. The average molecular weight is 456 g/mol. The first-order chi connectivity index (χ1) is 15.0. The van der Waals surface area contributed by atoms with E-state index >= 15 is 0 Å². The topological polar surface area (TPSA) is 75.3 Å². The number of H-pyrrole nitrogens is 1. The molecule has 1 aliphatic rings. The second kappa shape index (κ2) is 9.71. The summed E-state index contributed by atoms with van der Waals surface area (Å²) in [7, 11) is -1.85. The van der Waals surface area contributed by atoms with Crippen molar-refractivity contribution in [2.75, 3.05) is 13.2 Å². The van der Waals surface area contributed by atoms with E-state index in [4.69, 9.17) is 4.43 Å². The maximum absolute atomic E-state index is 13.1. The molecule has 1 amide bonds. The lowest BCUT2D eigenvalue weighted by Gasteiger charge is -2.42. The van der Waals surface area contributed by atoms with Crippen molar-refractivity contribution in [2.45, 2.75) is 77.6 Å². The fourth-order valence-electron chi connectivity index (χ4n) is 3.84. The Kier molecular flexibility index (Phi) is 7.40. The Hall–Kier alpha value is -2.25. The molecule has 0 spiro atoms. The molecule has 1 fully saturated rings. The molecule has 174 valence electrons. The number of rotatable bonds is 10. The van der Waals surface area contributed by atoms with E-state index in [1.54, 1.807) is 4.90 Å². The molecule has 0 unspecified atom stereocenters. The van der Waals surface area contributed by atoms with Crippen molar-refractivity contribution in [3.63, 3.8) is 0 Å². The van der Waals surface area contributed by atoms with Crippen LogP contribution >= 0.6 is 0 Å². The molecule has 0 saturated carbocycles. The highest BCUT2D eigenvalue weighted by Crippen LogP contribution is 2.36. The zero-order valence-electron chi connectivity index (χ0n) is 20.3. The van der Waals surface area contributed by atoms with Crippen LogP contribution in [-0.2, 0) is 22.1 Å². The summed E-state index contributed by atoms with van der Waals surface area (Å²) in [5.41, 5.74) is 3.69. The number of nitrogens with one attached hydrogen (secondary N) is 1. The van der Waals surface area contributed by atoms with E-state index in [1.807, 2.05) is 25.1 Å². The van der Waals surface area contributed by atoms with E-state index < -0.39 is 8.32 Å². The van der Waals surface area contributed by atoms with Crippen LogP contribution in [0, 0.1) is 6.92 Å². The number of likely N-dealkylation sites (tertiary alicyclic amines) is 1. The molecule has 3 rings (SSSR count). The summed E-state index contributed by atoms with van der Waals surface area (Å²) in [6.07, 6.45) is 2.37. The van der Waals surface area contributed by atoms with Gasteiger partial charge in [-0.25, -0.2) is 0 Å². The number of amides is 1. The van der Waals surface area contributed by atoms with Crippen molar-refractivity contribution in [3.05, 3.63) is 52.8 Å². The van der Waals surface area contributed by atoms with Gasteiger partial charge in [0.05, 0.1) is 6.61 Å². The van der Waals surface area contributed by atoms with Gasteiger partial charge in [-0.2, -0.15) is 5.10 Å². The molecule has 0 bridgehead atoms. The molecule has 2 aromatic rings. The standard InChI is InChI=1S/C25H37N3O3Si/c1-18-21(13-12-19-10-8-7-9-11-19)24(27-26-18)22(29)16-20-17-23(30)28(20)14-15-31-32(5,6)25(2,3)4/h7-11,20H,12-17H2,1-6H3,(H,26,27)/t20-/m1/s1. The van der Waals surface area contributed by atoms with Gasteiger partial charge in [0, 0.05) is 36.7 Å². The third-order valence-corrected chi connectivity index (χ3v) is 11.6. The van der Waals surface area contributed by atoms with Gasteiger partial charge in [0.2, 0.25) is 5.91 Å². The number of carbonyl (C=O) groups is 2. The van der Waals surface area contributed by atoms with Crippen LogP contribution in [0.5, 0.6) is 0 Å². The number of aromatic amines is 1. The Morgan fingerprint density at radius 3 is 2.53 bits per heavy atom. The highest BCUT2D eigenvalue weighted by molar-refractivity contribution is 6.74. The molecule has 7 heteroatoms. The number of Topliss-reactive ketones (excluding diaryl/α,β-unsaturated/α-hetero) is 1. The minimum absolute atomic E-state index is 0.00484. The van der Waals surface area contributed by atoms with Crippen molar-refractivity contribution in [3.8, 4) is 0 Å². The maximum Gasteiger partial charge on any atom is 0.225 e. The zero-order chi connectivity index (χ0) is 23.5. The number of carbonyl (C=O) groups excluding carboxylic acids is 2. The van der Waals surface area contributed by atoms with Gasteiger partial charge in [0.15, 0.2) is 14.1 Å². The van der Waals surface area contributed by atoms with Gasteiger partial charge < -0.3 is 9.33 Å². The average Bonchev–Trinajstić information content (AvgIpc) is 3.09. The monoisotopic (exact) mass is 455 g/mol. The second-order valence-electron chi connectivity index (χ2n) is 10.3. The molecule has 0 aliphatic carbocycles. The van der Waals surface area contributed by atoms with Gasteiger partial charge in [-0.1, -0.05) is 51.1 Å². The van der Waals surface area contributed by atoms with Crippen LogP contribution in [0.4, 0.5) is 0 Å². The lowest BCUT2D eigenvalue weighted by Crippen LogP contribution is -2.55. The van der Waals surface area contributed by atoms with Gasteiger partial charge in [0.25, 0.3) is 0 Å². The molecule has 1 saturated heterocycles. The van der Waals surface area contributed by atoms with Crippen molar-refractivity contribution in [1.29, 1.82) is 0 Å². The largest absolute Gasteiger partial charge is 0.415 e. The van der Waals surface area contributed by atoms with Crippen LogP contribution in [0.15, 0.2) is 30.3 Å². The van der Waals surface area contributed by atoms with Gasteiger partial charge in [-0.15, -0.1) is 0 Å². The summed E-state index contributed by atoms with van der Waals surface area (Å²) in [6.45, 7) is 14.1. The van der Waals surface area contributed by atoms with Gasteiger partial charge in [0.1, 0.15) is 5.69 Å². The Labute approximate surface area is 192 Å². The number of benzene rings is 1. The summed E-state index contributed by atoms with van der Waals surface area (Å²) >= 11 is 0. The van der Waals surface area contributed by atoms with E-state index in [-0.39, 0.29) is 22.8 Å². The third kappa shape index (κ3) is 5.56. The summed E-state index contributed by atoms with van der Waals surface area (Å²) in [4.78, 5) is 27.1. The maximum atomic E-state index is 13.1. The van der Waals surface area contributed by atoms with Crippen molar-refractivity contribution in [2.24, 2.45) is 0 Å². The van der Waals surface area contributed by atoms with Gasteiger partial charge in [-0.3, -0.25) is 14.7 Å². The highest BCUT2D eigenvalue weighted by atomic mass is 28.4. The summed E-state index contributed by atoms with van der Waals surface area (Å²) < 4.78 is 6.23. The number of β-lactam (4-membered cyclic amide) rings is 1. The van der Waals surface area contributed by atoms with Crippen LogP contribution in [0.3, 0.4) is 0 Å². The van der Waals surface area contributed by atoms with Crippen molar-refractivity contribution < 1.29 is 14.0 Å². The molecule has 2 heterocycles. The SMILES string of the molecule is Cc1[nH]nc(C(=O)C[C@@H]2CC(=O)N2CCO[Si](C)(C)C(C)(C)C)c1CCc1ccccc1. The van der Waals surface area contributed by atoms with Crippen LogP contribution in [-0.4, -0.2) is 54.3 Å². The Balaban J connectivity index is 1.57. The first-order valence-electron chi connectivity index (χ1n) is 11.5. The normalized spacial score (nSPS) is 16.9. The predicted molar refractivity (Wildman–Crippen MR) is 129 cm³/mol. The van der Waals surface area contributed by atoms with Crippen LogP contribution in [0.1, 0.15) is 60.9 Å². The molecule has 6 nitrogen and oxygen atoms in total. The fourth-order valence-corrected chi connectivity index (χ4v) is 4.87. The lowest BCUT2D eigenvalue weighted by molar-refractivity contribution is -0.146. The van der Waals surface area contributed by atoms with E-state index in [2.05, 4.69) is 56.2 Å². The molecule has 32 heavy (non-hydrogen) atoms. The second-order valence-corrected chi connectivity index (χ2v) is 15.2. The van der Waals surface area contributed by atoms with E-state index in [9.17, 15) is 9.59 Å².